The van der Waals surface area contributed by atoms with Crippen LogP contribution in [0, 0.1) is 11.8 Å². The summed E-state index contributed by atoms with van der Waals surface area (Å²) >= 11 is 3.74. The molecule has 3 saturated heterocycles. The summed E-state index contributed by atoms with van der Waals surface area (Å²) in [5, 5.41) is 9.37. The lowest BCUT2D eigenvalue weighted by molar-refractivity contribution is -0.150. The van der Waals surface area contributed by atoms with Crippen LogP contribution in [0.4, 0.5) is 0 Å². The highest BCUT2D eigenvalue weighted by molar-refractivity contribution is 9.09. The van der Waals surface area contributed by atoms with Gasteiger partial charge in [-0.15, -0.1) is 13.2 Å². The van der Waals surface area contributed by atoms with E-state index < -0.39 is 29.6 Å². The molecule has 2 bridgehead atoms. The van der Waals surface area contributed by atoms with Crippen LogP contribution in [0.25, 0.3) is 0 Å². The van der Waals surface area contributed by atoms with Gasteiger partial charge in [0.1, 0.15) is 11.6 Å². The van der Waals surface area contributed by atoms with Gasteiger partial charge in [-0.2, -0.15) is 0 Å². The van der Waals surface area contributed by atoms with E-state index in [-0.39, 0.29) is 35.2 Å². The molecule has 0 aromatic heterocycles. The van der Waals surface area contributed by atoms with Crippen molar-refractivity contribution in [3.63, 3.8) is 0 Å². The van der Waals surface area contributed by atoms with Gasteiger partial charge in [0.2, 0.25) is 17.7 Å². The summed E-state index contributed by atoms with van der Waals surface area (Å²) in [6, 6.07) is -0.839. The number of nitrogens with zero attached hydrogens (tertiary/aromatic N) is 3. The van der Waals surface area contributed by atoms with Gasteiger partial charge in [-0.1, -0.05) is 48.4 Å². The number of rotatable bonds is 15. The molecule has 8 nitrogen and oxygen atoms in total. The topological polar surface area (TPSA) is 90.4 Å². The quantitative estimate of drug-likeness (QED) is 0.182. The number of ether oxygens (including phenoxy) is 1. The normalized spacial score (nSPS) is 30.8. The third-order valence-electron chi connectivity index (χ3n) is 8.12. The van der Waals surface area contributed by atoms with Crippen LogP contribution in [-0.2, 0) is 19.1 Å². The van der Waals surface area contributed by atoms with Gasteiger partial charge in [0.25, 0.3) is 0 Å². The van der Waals surface area contributed by atoms with E-state index in [2.05, 4.69) is 36.0 Å². The molecule has 0 radical (unpaired) electrons. The van der Waals surface area contributed by atoms with Gasteiger partial charge in [0, 0.05) is 43.7 Å². The minimum Gasteiger partial charge on any atom is -0.396 e. The van der Waals surface area contributed by atoms with Crippen molar-refractivity contribution in [2.45, 2.75) is 87.9 Å². The van der Waals surface area contributed by atoms with Gasteiger partial charge in [0.05, 0.1) is 17.9 Å². The van der Waals surface area contributed by atoms with Crippen molar-refractivity contribution in [2.24, 2.45) is 11.8 Å². The molecule has 208 valence electrons. The Morgan fingerprint density at radius 1 is 1.22 bits per heavy atom. The molecule has 0 aromatic rings. The van der Waals surface area contributed by atoms with Gasteiger partial charge >= 0.3 is 0 Å². The molecule has 0 aromatic carbocycles. The van der Waals surface area contributed by atoms with Crippen molar-refractivity contribution in [1.82, 2.24) is 14.7 Å². The van der Waals surface area contributed by atoms with E-state index in [1.54, 1.807) is 26.9 Å². The Kier molecular flexibility index (Phi) is 10.4. The zero-order valence-corrected chi connectivity index (χ0v) is 24.2. The molecule has 3 fully saturated rings. The fourth-order valence-corrected chi connectivity index (χ4v) is 7.55. The predicted octanol–water partition coefficient (Wildman–Crippen LogP) is 3.13. The molecule has 9 heteroatoms. The van der Waals surface area contributed by atoms with E-state index in [1.165, 1.54) is 0 Å². The summed E-state index contributed by atoms with van der Waals surface area (Å²) in [7, 11) is 0. The Balaban J connectivity index is 2.06. The van der Waals surface area contributed by atoms with Gasteiger partial charge in [-0.25, -0.2) is 0 Å². The number of carbonyl (C=O) groups excluding carboxylic acids is 3. The van der Waals surface area contributed by atoms with Crippen molar-refractivity contribution in [3.8, 4) is 0 Å². The first kappa shape index (κ1) is 29.8. The smallest absolute Gasteiger partial charge is 0.248 e. The Bertz CT molecular complexity index is 869. The zero-order chi connectivity index (χ0) is 27.3. The van der Waals surface area contributed by atoms with Crippen molar-refractivity contribution in [3.05, 3.63) is 25.3 Å². The van der Waals surface area contributed by atoms with Crippen LogP contribution in [0.3, 0.4) is 0 Å². The summed E-state index contributed by atoms with van der Waals surface area (Å²) in [6.07, 6.45) is 7.09. The summed E-state index contributed by atoms with van der Waals surface area (Å²) in [4.78, 5) is 47.4. The molecule has 3 heterocycles. The van der Waals surface area contributed by atoms with Crippen molar-refractivity contribution < 1.29 is 24.2 Å². The number of amides is 3. The number of aliphatic hydroxyl groups excluding tert-OH is 1. The largest absolute Gasteiger partial charge is 0.396 e. The minimum atomic E-state index is -1.07. The Morgan fingerprint density at radius 3 is 2.51 bits per heavy atom. The van der Waals surface area contributed by atoms with E-state index in [0.717, 1.165) is 19.3 Å². The molecule has 3 rings (SSSR count). The van der Waals surface area contributed by atoms with Gasteiger partial charge in [-0.05, 0) is 39.0 Å². The summed E-state index contributed by atoms with van der Waals surface area (Å²) in [5.74, 6) is -1.81. The van der Waals surface area contributed by atoms with Crippen LogP contribution >= 0.6 is 15.9 Å². The second kappa shape index (κ2) is 12.9. The lowest BCUT2D eigenvalue weighted by atomic mass is 9.70. The standard InChI is InChI=1S/C28H44BrN3O5/c1-6-12-19(5)31(15-9-4)27(36)24-28-18-20(29)23(37-28)21(25(34)30(13-7-2)14-8-3)22(28)26(35)32(24)16-10-11-17-33/h7,9,19-24,33H,2,4,6,8,10-18H2,1,3,5H3/t19?,20?,21-,22-,23-,24?,28?/m0/s1. The SMILES string of the molecule is C=CCN(CCC)C(=O)[C@H]1[C@H]2C(=O)N(CCCCO)C(C(=O)N(CC=C)C(C)CCC)C23CC(Br)[C@@H]1O3. The van der Waals surface area contributed by atoms with Crippen LogP contribution in [0.2, 0.25) is 0 Å². The van der Waals surface area contributed by atoms with E-state index in [9.17, 15) is 19.5 Å². The van der Waals surface area contributed by atoms with E-state index in [0.29, 0.717) is 45.4 Å². The fraction of sp³-hybridized carbons (Fsp3) is 0.750. The van der Waals surface area contributed by atoms with Crippen LogP contribution in [0.15, 0.2) is 25.3 Å². The number of alkyl halides is 1. The molecule has 0 aliphatic carbocycles. The lowest BCUT2D eigenvalue weighted by Gasteiger charge is -2.39. The van der Waals surface area contributed by atoms with Gasteiger partial charge in [0.15, 0.2) is 0 Å². The van der Waals surface area contributed by atoms with Crippen LogP contribution in [0.5, 0.6) is 0 Å². The number of fused-ring (bicyclic) bond motifs is 1. The number of hydrogen-bond acceptors (Lipinski definition) is 5. The summed E-state index contributed by atoms with van der Waals surface area (Å²) in [6.45, 7) is 15.5. The number of hydrogen-bond donors (Lipinski definition) is 1. The monoisotopic (exact) mass is 581 g/mol. The van der Waals surface area contributed by atoms with E-state index >= 15 is 0 Å². The molecule has 37 heavy (non-hydrogen) atoms. The first-order valence-electron chi connectivity index (χ1n) is 13.8. The number of aliphatic hydroxyl groups is 1. The van der Waals surface area contributed by atoms with Crippen molar-refractivity contribution in [2.75, 3.05) is 32.8 Å². The molecular weight excluding hydrogens is 538 g/mol. The molecule has 3 aliphatic heterocycles. The second-order valence-electron chi connectivity index (χ2n) is 10.6. The highest BCUT2D eigenvalue weighted by Gasteiger charge is 2.76. The van der Waals surface area contributed by atoms with Gasteiger partial charge in [-0.3, -0.25) is 14.4 Å². The Labute approximate surface area is 230 Å². The Hall–Kier alpha value is -1.71. The highest BCUT2D eigenvalue weighted by atomic mass is 79.9. The second-order valence-corrected chi connectivity index (χ2v) is 11.8. The fourth-order valence-electron chi connectivity index (χ4n) is 6.61. The average Bonchev–Trinajstić information content (AvgIpc) is 3.45. The zero-order valence-electron chi connectivity index (χ0n) is 22.6. The van der Waals surface area contributed by atoms with E-state index in [4.69, 9.17) is 4.74 Å². The van der Waals surface area contributed by atoms with Crippen molar-refractivity contribution in [1.29, 1.82) is 0 Å². The predicted molar refractivity (Wildman–Crippen MR) is 147 cm³/mol. The molecule has 0 saturated carbocycles. The van der Waals surface area contributed by atoms with Crippen LogP contribution in [0.1, 0.15) is 59.3 Å². The molecule has 3 amide bonds. The molecule has 7 atom stereocenters. The third-order valence-corrected chi connectivity index (χ3v) is 8.96. The summed E-state index contributed by atoms with van der Waals surface area (Å²) in [5.41, 5.74) is -1.07. The van der Waals surface area contributed by atoms with E-state index in [1.807, 2.05) is 13.8 Å². The Morgan fingerprint density at radius 2 is 1.92 bits per heavy atom. The first-order valence-corrected chi connectivity index (χ1v) is 14.7. The minimum absolute atomic E-state index is 0.0159. The number of carbonyl (C=O) groups is 3. The highest BCUT2D eigenvalue weighted by Crippen LogP contribution is 2.60. The molecule has 1 spiro atoms. The molecular formula is C28H44BrN3O5. The maximum absolute atomic E-state index is 14.3. The van der Waals surface area contributed by atoms with Crippen LogP contribution in [-0.4, -0.2) is 98.9 Å². The molecule has 3 aliphatic rings. The van der Waals surface area contributed by atoms with Gasteiger partial charge < -0.3 is 24.5 Å². The number of unbranched alkanes of at least 4 members (excludes halogenated alkanes) is 1. The van der Waals surface area contributed by atoms with Crippen molar-refractivity contribution >= 4 is 33.7 Å². The third kappa shape index (κ3) is 5.41. The first-order chi connectivity index (χ1) is 17.7. The average molecular weight is 583 g/mol. The molecule has 1 N–H and O–H groups in total. The maximum atomic E-state index is 14.3. The van der Waals surface area contributed by atoms with Crippen LogP contribution < -0.4 is 0 Å². The lowest BCUT2D eigenvalue weighted by Crippen LogP contribution is -2.58. The number of halogens is 1. The maximum Gasteiger partial charge on any atom is 0.248 e. The summed E-state index contributed by atoms with van der Waals surface area (Å²) < 4.78 is 6.64. The molecule has 4 unspecified atom stereocenters. The number of likely N-dealkylation sites (tertiary alicyclic amines) is 1.